The molecule has 2 amide bonds. The number of aliphatic hydroxyl groups is 1. The second-order valence-electron chi connectivity index (χ2n) is 11.7. The van der Waals surface area contributed by atoms with Gasteiger partial charge in [-0.25, -0.2) is 0 Å². The summed E-state index contributed by atoms with van der Waals surface area (Å²) < 4.78 is 11.1. The van der Waals surface area contributed by atoms with E-state index in [4.69, 9.17) is 9.47 Å². The van der Waals surface area contributed by atoms with Crippen molar-refractivity contribution in [1.82, 2.24) is 19.6 Å². The van der Waals surface area contributed by atoms with Gasteiger partial charge in [-0.05, 0) is 70.9 Å². The average molecular weight is 591 g/mol. The topological polar surface area (TPSA) is 123 Å². The van der Waals surface area contributed by atoms with Crippen molar-refractivity contribution in [2.75, 3.05) is 66.7 Å². The molecule has 1 aromatic carbocycles. The van der Waals surface area contributed by atoms with Gasteiger partial charge in [0, 0.05) is 57.2 Å². The Morgan fingerprint density at radius 3 is 2.33 bits per heavy atom. The van der Waals surface area contributed by atoms with Crippen molar-refractivity contribution in [1.29, 1.82) is 0 Å². The molecule has 2 aliphatic rings. The number of unbranched alkanes of at least 4 members (excludes halogenated alkanes) is 2. The Morgan fingerprint density at radius 2 is 1.71 bits per heavy atom. The van der Waals surface area contributed by atoms with Crippen LogP contribution in [-0.2, 0) is 21.0 Å². The third-order valence-electron chi connectivity index (χ3n) is 8.48. The fourth-order valence-electron chi connectivity index (χ4n) is 6.17. The quantitative estimate of drug-likeness (QED) is 0.264. The summed E-state index contributed by atoms with van der Waals surface area (Å²) in [5.41, 5.74) is 1.29. The fourth-order valence-corrected chi connectivity index (χ4v) is 6.17. The molecule has 0 radical (unpaired) electrons. The highest BCUT2D eigenvalue weighted by atomic mass is 16.7. The zero-order chi connectivity index (χ0) is 30.8. The number of carboxylic acid groups (broad SMARTS) is 1. The molecule has 1 aromatic rings. The molecule has 42 heavy (non-hydrogen) atoms. The summed E-state index contributed by atoms with van der Waals surface area (Å²) in [6.07, 6.45) is 4.22. The summed E-state index contributed by atoms with van der Waals surface area (Å²) in [7, 11) is 4.08. The summed E-state index contributed by atoms with van der Waals surface area (Å²) in [6.45, 7) is 9.04. The third-order valence-corrected chi connectivity index (χ3v) is 8.48. The Morgan fingerprint density at radius 1 is 1.00 bits per heavy atom. The minimum atomic E-state index is -0.944. The van der Waals surface area contributed by atoms with E-state index in [0.29, 0.717) is 56.2 Å². The minimum Gasteiger partial charge on any atom is -0.481 e. The molecule has 0 aromatic heterocycles. The highest BCUT2D eigenvalue weighted by molar-refractivity contribution is 5.79. The number of amides is 2. The Labute approximate surface area is 250 Å². The molecule has 11 heteroatoms. The van der Waals surface area contributed by atoms with Gasteiger partial charge >= 0.3 is 5.97 Å². The molecule has 0 spiro atoms. The number of benzene rings is 1. The summed E-state index contributed by atoms with van der Waals surface area (Å²) in [5.74, 6) is -1.27. The second-order valence-corrected chi connectivity index (χ2v) is 11.7. The monoisotopic (exact) mass is 590 g/mol. The number of likely N-dealkylation sites (tertiary alicyclic amines) is 1. The molecule has 0 unspecified atom stereocenters. The smallest absolute Gasteiger partial charge is 0.308 e. The Bertz CT molecular complexity index is 1070. The molecular formula is C31H50N4O7. The number of carbonyl (C=O) groups excluding carboxylic acids is 2. The zero-order valence-corrected chi connectivity index (χ0v) is 26.0. The molecule has 1 fully saturated rings. The van der Waals surface area contributed by atoms with Gasteiger partial charge in [0.1, 0.15) is 0 Å². The molecule has 0 saturated carbocycles. The predicted molar refractivity (Wildman–Crippen MR) is 160 cm³/mol. The van der Waals surface area contributed by atoms with E-state index in [1.54, 1.807) is 17.0 Å². The first-order chi connectivity index (χ1) is 20.1. The lowest BCUT2D eigenvalue weighted by Crippen LogP contribution is -2.46. The van der Waals surface area contributed by atoms with Gasteiger partial charge in [-0.1, -0.05) is 13.3 Å². The van der Waals surface area contributed by atoms with E-state index in [9.17, 15) is 24.6 Å². The van der Waals surface area contributed by atoms with Crippen molar-refractivity contribution in [2.45, 2.75) is 71.4 Å². The standard InChI is InChI=1S/C31H50N4O7/c1-6-8-13-34(14-10-9-12-32(4)5)28(38)19-35-18-25(23-16-24(20-36)30-27(17-23)41-21-42-30)29(31(39)40)26(35)11-15-33(7-2)22(3)37/h16-17,25-26,29,36H,6-15,18-21H2,1-5H3,(H,39,40)/t25-,26+,29-/m1/s1. The lowest BCUT2D eigenvalue weighted by Gasteiger charge is -2.31. The van der Waals surface area contributed by atoms with Crippen molar-refractivity contribution in [3.63, 3.8) is 0 Å². The van der Waals surface area contributed by atoms with Crippen molar-refractivity contribution < 1.29 is 34.1 Å². The normalized spacial score (nSPS) is 19.8. The molecule has 11 nitrogen and oxygen atoms in total. The number of ether oxygens (including phenoxy) is 2. The second kappa shape index (κ2) is 16.1. The van der Waals surface area contributed by atoms with E-state index in [0.717, 1.165) is 37.8 Å². The van der Waals surface area contributed by atoms with E-state index in [2.05, 4.69) is 11.8 Å². The number of carbonyl (C=O) groups is 3. The van der Waals surface area contributed by atoms with E-state index in [1.807, 2.05) is 30.8 Å². The summed E-state index contributed by atoms with van der Waals surface area (Å²) in [6, 6.07) is 3.15. The van der Waals surface area contributed by atoms with E-state index in [-0.39, 0.29) is 31.8 Å². The summed E-state index contributed by atoms with van der Waals surface area (Å²) >= 11 is 0. The van der Waals surface area contributed by atoms with Gasteiger partial charge in [0.15, 0.2) is 11.5 Å². The predicted octanol–water partition coefficient (Wildman–Crippen LogP) is 2.61. The fraction of sp³-hybridized carbons (Fsp3) is 0.710. The van der Waals surface area contributed by atoms with Gasteiger partial charge in [0.2, 0.25) is 18.6 Å². The van der Waals surface area contributed by atoms with Crippen LogP contribution in [0.4, 0.5) is 0 Å². The Kier molecular flexibility index (Phi) is 12.9. The Balaban J connectivity index is 1.89. The highest BCUT2D eigenvalue weighted by Crippen LogP contribution is 2.44. The van der Waals surface area contributed by atoms with Crippen molar-refractivity contribution in [2.24, 2.45) is 5.92 Å². The zero-order valence-electron chi connectivity index (χ0n) is 26.0. The Hall–Kier alpha value is -2.89. The van der Waals surface area contributed by atoms with Crippen molar-refractivity contribution in [3.8, 4) is 11.5 Å². The number of fused-ring (bicyclic) bond motifs is 1. The van der Waals surface area contributed by atoms with Crippen LogP contribution in [0.5, 0.6) is 11.5 Å². The first-order valence-electron chi connectivity index (χ1n) is 15.3. The number of carboxylic acids is 1. The van der Waals surface area contributed by atoms with Crippen molar-refractivity contribution in [3.05, 3.63) is 23.3 Å². The van der Waals surface area contributed by atoms with E-state index < -0.39 is 23.8 Å². The molecule has 2 N–H and O–H groups in total. The van der Waals surface area contributed by atoms with Crippen LogP contribution in [0.3, 0.4) is 0 Å². The molecule has 3 rings (SSSR count). The van der Waals surface area contributed by atoms with Gasteiger partial charge in [0.25, 0.3) is 0 Å². The van der Waals surface area contributed by atoms with Crippen LogP contribution in [0.1, 0.15) is 69.9 Å². The highest BCUT2D eigenvalue weighted by Gasteiger charge is 2.47. The number of hydrogen-bond acceptors (Lipinski definition) is 8. The largest absolute Gasteiger partial charge is 0.481 e. The van der Waals surface area contributed by atoms with E-state index in [1.165, 1.54) is 6.92 Å². The van der Waals surface area contributed by atoms with Crippen LogP contribution in [0.25, 0.3) is 0 Å². The van der Waals surface area contributed by atoms with E-state index >= 15 is 0 Å². The molecule has 3 atom stereocenters. The molecule has 0 bridgehead atoms. The average Bonchev–Trinajstić information content (AvgIpc) is 3.57. The maximum Gasteiger partial charge on any atom is 0.308 e. The minimum absolute atomic E-state index is 0.00346. The summed E-state index contributed by atoms with van der Waals surface area (Å²) in [4.78, 5) is 46.5. The molecule has 0 aliphatic carbocycles. The number of aliphatic hydroxyl groups excluding tert-OH is 1. The van der Waals surface area contributed by atoms with Crippen LogP contribution >= 0.6 is 0 Å². The van der Waals surface area contributed by atoms with Crippen LogP contribution in [0.2, 0.25) is 0 Å². The van der Waals surface area contributed by atoms with Crippen LogP contribution in [0.15, 0.2) is 12.1 Å². The lowest BCUT2D eigenvalue weighted by molar-refractivity contribution is -0.144. The van der Waals surface area contributed by atoms with Gasteiger partial charge in [-0.15, -0.1) is 0 Å². The van der Waals surface area contributed by atoms with Gasteiger partial charge < -0.3 is 34.4 Å². The lowest BCUT2D eigenvalue weighted by atomic mass is 9.83. The molecular weight excluding hydrogens is 540 g/mol. The number of aliphatic carboxylic acids is 1. The SMILES string of the molecule is CCCCN(CCCCN(C)C)C(=O)CN1C[C@H](c2cc(CO)c3c(c2)OCO3)[C@@H](C(=O)O)[C@@H]1CCN(CC)C(C)=O. The van der Waals surface area contributed by atoms with Gasteiger partial charge in [-0.2, -0.15) is 0 Å². The van der Waals surface area contributed by atoms with Gasteiger partial charge in [0.05, 0.1) is 19.1 Å². The number of nitrogens with zero attached hydrogens (tertiary/aromatic N) is 4. The number of rotatable bonds is 17. The van der Waals surface area contributed by atoms with Crippen LogP contribution in [0, 0.1) is 5.92 Å². The number of hydrogen-bond donors (Lipinski definition) is 2. The van der Waals surface area contributed by atoms with Gasteiger partial charge in [-0.3, -0.25) is 19.3 Å². The molecule has 2 aliphatic heterocycles. The van der Waals surface area contributed by atoms with Crippen LogP contribution < -0.4 is 9.47 Å². The van der Waals surface area contributed by atoms with Crippen molar-refractivity contribution >= 4 is 17.8 Å². The molecule has 1 saturated heterocycles. The maximum absolute atomic E-state index is 13.7. The summed E-state index contributed by atoms with van der Waals surface area (Å²) in [5, 5.41) is 20.5. The van der Waals surface area contributed by atoms with Crippen LogP contribution in [-0.4, -0.2) is 120 Å². The third kappa shape index (κ3) is 8.58. The first-order valence-corrected chi connectivity index (χ1v) is 15.3. The molecule has 2 heterocycles. The maximum atomic E-state index is 13.7. The molecule has 236 valence electrons. The first kappa shape index (κ1) is 33.6.